The Balaban J connectivity index is 2.11. The highest BCUT2D eigenvalue weighted by Crippen LogP contribution is 2.31. The largest absolute Gasteiger partial charge is 0.486 e. The third-order valence-corrected chi connectivity index (χ3v) is 7.31. The topological polar surface area (TPSA) is 118 Å². The summed E-state index contributed by atoms with van der Waals surface area (Å²) < 4.78 is 31.8. The zero-order valence-electron chi connectivity index (χ0n) is 14.0. The van der Waals surface area contributed by atoms with E-state index in [1.165, 1.54) is 13.2 Å². The molecule has 0 aromatic carbocycles. The maximum Gasteiger partial charge on any atom is 0.334 e. The first kappa shape index (κ1) is 19.6. The van der Waals surface area contributed by atoms with Crippen molar-refractivity contribution in [3.8, 4) is 5.06 Å². The molecule has 11 heteroatoms. The Kier molecular flexibility index (Phi) is 6.38. The van der Waals surface area contributed by atoms with Crippen LogP contribution >= 0.6 is 22.7 Å². The van der Waals surface area contributed by atoms with Gasteiger partial charge in [-0.15, -0.1) is 11.3 Å². The summed E-state index contributed by atoms with van der Waals surface area (Å²) in [5.74, 6) is 0. The number of rotatable bonds is 7. The number of aryl methyl sites for hydroxylation is 2. The van der Waals surface area contributed by atoms with E-state index in [2.05, 4.69) is 10.3 Å². The molecule has 0 atom stereocenters. The van der Waals surface area contributed by atoms with Crippen LogP contribution in [-0.2, 0) is 22.9 Å². The molecule has 8 nitrogen and oxygen atoms in total. The Hall–Kier alpha value is -1.69. The third-order valence-electron chi connectivity index (χ3n) is 3.23. The van der Waals surface area contributed by atoms with Crippen molar-refractivity contribution in [1.82, 2.24) is 9.71 Å². The number of hydrogen-bond acceptors (Lipinski definition) is 8. The molecule has 0 radical (unpaired) electrons. The summed E-state index contributed by atoms with van der Waals surface area (Å²) in [6.07, 6.45) is 1.00. The molecule has 2 aromatic heterocycles. The fraction of sp³-hybridized carbons (Fsp3) is 0.429. The lowest BCUT2D eigenvalue weighted by atomic mass is 10.2. The summed E-state index contributed by atoms with van der Waals surface area (Å²) in [6.45, 7) is 3.59. The van der Waals surface area contributed by atoms with Crippen molar-refractivity contribution < 1.29 is 23.1 Å². The van der Waals surface area contributed by atoms with E-state index >= 15 is 0 Å². The second-order valence-corrected chi connectivity index (χ2v) is 9.02. The van der Waals surface area contributed by atoms with Gasteiger partial charge in [0.25, 0.3) is 10.0 Å². The Morgan fingerprint density at radius 3 is 2.68 bits per heavy atom. The number of urea groups is 1. The summed E-state index contributed by atoms with van der Waals surface area (Å²) in [4.78, 5) is 17.0. The lowest BCUT2D eigenvalue weighted by Gasteiger charge is -2.04. The molecule has 0 fully saturated rings. The predicted molar refractivity (Wildman–Crippen MR) is 97.2 cm³/mol. The summed E-state index contributed by atoms with van der Waals surface area (Å²) in [5.41, 5.74) is 1.45. The normalized spacial score (nSPS) is 11.4. The Morgan fingerprint density at radius 1 is 1.40 bits per heavy atom. The molecule has 2 heterocycles. The van der Waals surface area contributed by atoms with Gasteiger partial charge >= 0.3 is 6.03 Å². The van der Waals surface area contributed by atoms with Gasteiger partial charge in [-0.25, -0.2) is 22.9 Å². The quantitative estimate of drug-likeness (QED) is 0.649. The van der Waals surface area contributed by atoms with E-state index in [9.17, 15) is 13.2 Å². The number of ether oxygens (including phenoxy) is 1. The Bertz CT molecular complexity index is 836. The van der Waals surface area contributed by atoms with Gasteiger partial charge in [-0.2, -0.15) is 0 Å². The van der Waals surface area contributed by atoms with Crippen LogP contribution in [-0.4, -0.2) is 38.3 Å². The molecule has 0 unspecified atom stereocenters. The Labute approximate surface area is 153 Å². The highest BCUT2D eigenvalue weighted by atomic mass is 32.2. The number of aromatic nitrogens is 1. The maximum absolute atomic E-state index is 12.3. The van der Waals surface area contributed by atoms with E-state index in [0.717, 1.165) is 33.1 Å². The van der Waals surface area contributed by atoms with Gasteiger partial charge in [-0.1, -0.05) is 18.3 Å². The summed E-state index contributed by atoms with van der Waals surface area (Å²) in [7, 11) is -2.49. The number of thiazole rings is 1. The van der Waals surface area contributed by atoms with Crippen molar-refractivity contribution in [2.75, 3.05) is 19.0 Å². The van der Waals surface area contributed by atoms with Crippen LogP contribution in [0, 0.1) is 6.92 Å². The number of methoxy groups -OCH3 is 1. The SMILES string of the molecule is CCc1nc(NC(=O)NS(=O)(=O)c2cc(C)c(CCO)s2)sc1OC. The average molecular weight is 406 g/mol. The van der Waals surface area contributed by atoms with Crippen LogP contribution in [0.15, 0.2) is 10.3 Å². The van der Waals surface area contributed by atoms with Crippen molar-refractivity contribution in [2.24, 2.45) is 0 Å². The van der Waals surface area contributed by atoms with Crippen LogP contribution in [0.3, 0.4) is 0 Å². The number of thiophene rings is 1. The molecule has 25 heavy (non-hydrogen) atoms. The number of carbonyl (C=O) groups is 1. The monoisotopic (exact) mass is 405 g/mol. The molecule has 2 amide bonds. The van der Waals surface area contributed by atoms with E-state index in [4.69, 9.17) is 9.84 Å². The van der Waals surface area contributed by atoms with Crippen molar-refractivity contribution in [1.29, 1.82) is 0 Å². The van der Waals surface area contributed by atoms with Gasteiger partial charge in [0.2, 0.25) is 0 Å². The highest BCUT2D eigenvalue weighted by Gasteiger charge is 2.22. The number of aliphatic hydroxyl groups excluding tert-OH is 1. The minimum Gasteiger partial charge on any atom is -0.486 e. The van der Waals surface area contributed by atoms with Gasteiger partial charge in [-0.05, 0) is 25.0 Å². The molecule has 0 aliphatic rings. The molecular weight excluding hydrogens is 386 g/mol. The molecule has 0 saturated carbocycles. The Morgan fingerprint density at radius 2 is 2.12 bits per heavy atom. The second kappa shape index (κ2) is 8.13. The number of anilines is 1. The number of hydrogen-bond donors (Lipinski definition) is 3. The van der Waals surface area contributed by atoms with Gasteiger partial charge in [0.15, 0.2) is 10.2 Å². The van der Waals surface area contributed by atoms with Crippen LogP contribution < -0.4 is 14.8 Å². The van der Waals surface area contributed by atoms with Gasteiger partial charge in [0.1, 0.15) is 4.21 Å². The summed E-state index contributed by atoms with van der Waals surface area (Å²) in [6, 6.07) is 0.584. The third kappa shape index (κ3) is 4.69. The number of sulfonamides is 1. The highest BCUT2D eigenvalue weighted by molar-refractivity contribution is 7.92. The molecule has 0 aliphatic carbocycles. The summed E-state index contributed by atoms with van der Waals surface area (Å²) >= 11 is 2.15. The first-order valence-corrected chi connectivity index (χ1v) is 10.5. The fourth-order valence-electron chi connectivity index (χ4n) is 2.04. The minimum absolute atomic E-state index is 0.0227. The van der Waals surface area contributed by atoms with Crippen LogP contribution in [0.2, 0.25) is 0 Å². The van der Waals surface area contributed by atoms with Crippen LogP contribution in [0.5, 0.6) is 5.06 Å². The lowest BCUT2D eigenvalue weighted by molar-refractivity contribution is 0.256. The standard InChI is InChI=1S/C14H19N3O5S3/c1-4-9-12(22-3)24-14(15-9)16-13(19)17-25(20,21)11-7-8(2)10(23-11)5-6-18/h7,18H,4-6H2,1-3H3,(H2,15,16,17,19). The number of amides is 2. The van der Waals surface area contributed by atoms with Gasteiger partial charge < -0.3 is 9.84 Å². The molecule has 0 spiro atoms. The van der Waals surface area contributed by atoms with Crippen molar-refractivity contribution >= 4 is 43.9 Å². The fourth-order valence-corrected chi connectivity index (χ4v) is 5.39. The van der Waals surface area contributed by atoms with Gasteiger partial charge in [0, 0.05) is 17.9 Å². The van der Waals surface area contributed by atoms with E-state index < -0.39 is 16.1 Å². The van der Waals surface area contributed by atoms with Crippen LogP contribution in [0.25, 0.3) is 0 Å². The first-order valence-electron chi connectivity index (χ1n) is 7.38. The molecule has 0 saturated heterocycles. The zero-order chi connectivity index (χ0) is 18.6. The maximum atomic E-state index is 12.3. The molecule has 2 aromatic rings. The molecule has 3 N–H and O–H groups in total. The van der Waals surface area contributed by atoms with E-state index in [0.29, 0.717) is 23.6 Å². The van der Waals surface area contributed by atoms with Crippen molar-refractivity contribution in [3.63, 3.8) is 0 Å². The zero-order valence-corrected chi connectivity index (χ0v) is 16.4. The smallest absolute Gasteiger partial charge is 0.334 e. The molecule has 0 bridgehead atoms. The van der Waals surface area contributed by atoms with Crippen LogP contribution in [0.4, 0.5) is 9.93 Å². The minimum atomic E-state index is -3.99. The average Bonchev–Trinajstić information content (AvgIpc) is 3.11. The first-order chi connectivity index (χ1) is 11.8. The second-order valence-electron chi connectivity index (χ2n) is 5.02. The predicted octanol–water partition coefficient (Wildman–Crippen LogP) is 2.13. The molecule has 0 aliphatic heterocycles. The number of nitrogens with one attached hydrogen (secondary N) is 2. The van der Waals surface area contributed by atoms with Crippen molar-refractivity contribution in [3.05, 3.63) is 22.2 Å². The van der Waals surface area contributed by atoms with E-state index in [-0.39, 0.29) is 15.9 Å². The van der Waals surface area contributed by atoms with Gasteiger partial charge in [-0.3, -0.25) is 5.32 Å². The van der Waals surface area contributed by atoms with Crippen molar-refractivity contribution in [2.45, 2.75) is 30.9 Å². The van der Waals surface area contributed by atoms with E-state index in [1.54, 1.807) is 6.92 Å². The van der Waals surface area contributed by atoms with Gasteiger partial charge in [0.05, 0.1) is 12.8 Å². The lowest BCUT2D eigenvalue weighted by Crippen LogP contribution is -2.33. The molecular formula is C14H19N3O5S3. The summed E-state index contributed by atoms with van der Waals surface area (Å²) in [5, 5.41) is 12.2. The van der Waals surface area contributed by atoms with Crippen LogP contribution in [0.1, 0.15) is 23.1 Å². The molecule has 2 rings (SSSR count). The van der Waals surface area contributed by atoms with E-state index in [1.807, 2.05) is 11.6 Å². The molecule has 138 valence electrons. The number of aliphatic hydroxyl groups is 1. The number of nitrogens with zero attached hydrogens (tertiary/aromatic N) is 1. The number of carbonyl (C=O) groups excluding carboxylic acids is 1.